The fourth-order valence-electron chi connectivity index (χ4n) is 3.06. The van der Waals surface area contributed by atoms with Gasteiger partial charge in [0, 0.05) is 19.5 Å². The maximum atomic E-state index is 13.2. The number of carboxylic acids is 1. The summed E-state index contributed by atoms with van der Waals surface area (Å²) in [6, 6.07) is 6.36. The van der Waals surface area contributed by atoms with Crippen molar-refractivity contribution in [3.63, 3.8) is 0 Å². The molecule has 0 bridgehead atoms. The third-order valence-corrected chi connectivity index (χ3v) is 4.66. The summed E-state index contributed by atoms with van der Waals surface area (Å²) in [5.41, 5.74) is -0.0161. The Kier molecular flexibility index (Phi) is 5.74. The Morgan fingerprint density at radius 2 is 2.04 bits per heavy atom. The van der Waals surface area contributed by atoms with Crippen LogP contribution in [0.25, 0.3) is 0 Å². The van der Waals surface area contributed by atoms with Crippen LogP contribution in [0.15, 0.2) is 24.3 Å². The molecule has 5 heteroatoms. The normalized spacial score (nSPS) is 15.7. The van der Waals surface area contributed by atoms with E-state index in [1.807, 2.05) is 13.0 Å². The molecule has 1 aromatic rings. The first-order chi connectivity index (χ1) is 11.0. The number of carbonyl (C=O) groups excluding carboxylic acids is 1. The summed E-state index contributed by atoms with van der Waals surface area (Å²) in [5.74, 6) is -1.25. The highest BCUT2D eigenvalue weighted by atomic mass is 19.1. The highest BCUT2D eigenvalue weighted by Crippen LogP contribution is 2.44. The number of aliphatic carboxylic acids is 1. The number of benzene rings is 1. The van der Waals surface area contributed by atoms with Crippen LogP contribution in [0.5, 0.6) is 0 Å². The molecule has 0 atom stereocenters. The minimum Gasteiger partial charge on any atom is -0.481 e. The van der Waals surface area contributed by atoms with Crippen molar-refractivity contribution in [3.8, 4) is 0 Å². The topological polar surface area (TPSA) is 57.6 Å². The lowest BCUT2D eigenvalue weighted by atomic mass is 9.66. The number of amides is 1. The van der Waals surface area contributed by atoms with Crippen molar-refractivity contribution < 1.29 is 19.1 Å². The smallest absolute Gasteiger partial charge is 0.310 e. The molecule has 23 heavy (non-hydrogen) atoms. The Morgan fingerprint density at radius 3 is 2.57 bits per heavy atom. The molecule has 0 saturated heterocycles. The van der Waals surface area contributed by atoms with Gasteiger partial charge in [-0.2, -0.15) is 0 Å². The number of carboxylic acid groups (broad SMARTS) is 1. The molecule has 0 unspecified atom stereocenters. The van der Waals surface area contributed by atoms with Gasteiger partial charge in [-0.15, -0.1) is 0 Å². The second kappa shape index (κ2) is 7.57. The molecule has 0 spiro atoms. The molecule has 0 heterocycles. The molecule has 0 aromatic heterocycles. The second-order valence-corrected chi connectivity index (χ2v) is 6.38. The molecule has 2 rings (SSSR count). The van der Waals surface area contributed by atoms with Crippen LogP contribution in [0.2, 0.25) is 0 Å². The van der Waals surface area contributed by atoms with Gasteiger partial charge in [0.2, 0.25) is 5.91 Å². The second-order valence-electron chi connectivity index (χ2n) is 6.38. The zero-order chi connectivity index (χ0) is 16.9. The van der Waals surface area contributed by atoms with Gasteiger partial charge < -0.3 is 10.0 Å². The lowest BCUT2D eigenvalue weighted by Gasteiger charge is -2.38. The molecule has 0 radical (unpaired) electrons. The number of halogens is 1. The van der Waals surface area contributed by atoms with Gasteiger partial charge in [0.1, 0.15) is 5.82 Å². The van der Waals surface area contributed by atoms with E-state index >= 15 is 0 Å². The Morgan fingerprint density at radius 1 is 1.30 bits per heavy atom. The molecule has 1 aliphatic rings. The van der Waals surface area contributed by atoms with Crippen LogP contribution in [0, 0.1) is 11.2 Å². The van der Waals surface area contributed by atoms with Crippen LogP contribution < -0.4 is 0 Å². The van der Waals surface area contributed by atoms with Gasteiger partial charge in [-0.1, -0.05) is 25.5 Å². The van der Waals surface area contributed by atoms with E-state index in [0.717, 1.165) is 18.4 Å². The highest BCUT2D eigenvalue weighted by molar-refractivity contribution is 5.85. The van der Waals surface area contributed by atoms with E-state index in [2.05, 4.69) is 0 Å². The molecular formula is C18H24FNO3. The number of hydrogen-bond donors (Lipinski definition) is 1. The highest BCUT2D eigenvalue weighted by Gasteiger charge is 2.46. The van der Waals surface area contributed by atoms with Crippen molar-refractivity contribution >= 4 is 11.9 Å². The number of rotatable bonds is 8. The zero-order valence-electron chi connectivity index (χ0n) is 13.6. The average Bonchev–Trinajstić information content (AvgIpc) is 2.46. The first-order valence-corrected chi connectivity index (χ1v) is 8.22. The van der Waals surface area contributed by atoms with E-state index in [4.69, 9.17) is 0 Å². The molecule has 1 saturated carbocycles. The van der Waals surface area contributed by atoms with Crippen molar-refractivity contribution in [2.24, 2.45) is 5.41 Å². The molecule has 1 aliphatic carbocycles. The molecule has 1 aromatic carbocycles. The van der Waals surface area contributed by atoms with E-state index < -0.39 is 11.4 Å². The van der Waals surface area contributed by atoms with Crippen molar-refractivity contribution in [3.05, 3.63) is 35.6 Å². The monoisotopic (exact) mass is 321 g/mol. The fraction of sp³-hybridized carbons (Fsp3) is 0.556. The number of hydrogen-bond acceptors (Lipinski definition) is 2. The average molecular weight is 321 g/mol. The van der Waals surface area contributed by atoms with E-state index in [9.17, 15) is 19.1 Å². The van der Waals surface area contributed by atoms with Crippen LogP contribution in [0.4, 0.5) is 4.39 Å². The van der Waals surface area contributed by atoms with Crippen LogP contribution in [0.1, 0.15) is 44.6 Å². The Balaban J connectivity index is 1.97. The number of carbonyl (C=O) groups is 2. The summed E-state index contributed by atoms with van der Waals surface area (Å²) in [6.45, 7) is 3.08. The maximum Gasteiger partial charge on any atom is 0.310 e. The van der Waals surface area contributed by atoms with Crippen LogP contribution in [-0.2, 0) is 16.0 Å². The first-order valence-electron chi connectivity index (χ1n) is 8.22. The van der Waals surface area contributed by atoms with Crippen molar-refractivity contribution in [2.45, 2.75) is 45.4 Å². The third-order valence-electron chi connectivity index (χ3n) is 4.66. The van der Waals surface area contributed by atoms with E-state index in [-0.39, 0.29) is 18.1 Å². The largest absolute Gasteiger partial charge is 0.481 e. The quantitative estimate of drug-likeness (QED) is 0.799. The SMILES string of the molecule is CCCN(CCc1cccc(F)c1)C(=O)CC1(C(=O)O)CCC1. The van der Waals surface area contributed by atoms with Crippen molar-refractivity contribution in [2.75, 3.05) is 13.1 Å². The molecule has 0 aliphatic heterocycles. The van der Waals surface area contributed by atoms with Gasteiger partial charge >= 0.3 is 5.97 Å². The van der Waals surface area contributed by atoms with Gasteiger partial charge in [0.25, 0.3) is 0 Å². The van der Waals surface area contributed by atoms with Crippen LogP contribution in [-0.4, -0.2) is 35.0 Å². The lowest BCUT2D eigenvalue weighted by Crippen LogP contribution is -2.44. The summed E-state index contributed by atoms with van der Waals surface area (Å²) >= 11 is 0. The Bertz CT molecular complexity index is 569. The van der Waals surface area contributed by atoms with E-state index in [1.165, 1.54) is 12.1 Å². The maximum absolute atomic E-state index is 13.2. The Hall–Kier alpha value is -1.91. The standard InChI is InChI=1S/C18H24FNO3/c1-2-10-20(11-7-14-5-3-6-15(19)12-14)16(21)13-18(17(22)23)8-4-9-18/h3,5-6,12H,2,4,7-11,13H2,1H3,(H,22,23). The summed E-state index contributed by atoms with van der Waals surface area (Å²) in [7, 11) is 0. The zero-order valence-corrected chi connectivity index (χ0v) is 13.6. The molecule has 1 N–H and O–H groups in total. The van der Waals surface area contributed by atoms with Gasteiger partial charge in [-0.25, -0.2) is 4.39 Å². The van der Waals surface area contributed by atoms with Crippen LogP contribution in [0.3, 0.4) is 0 Å². The van der Waals surface area contributed by atoms with Crippen molar-refractivity contribution in [1.29, 1.82) is 0 Å². The molecule has 1 amide bonds. The third kappa shape index (κ3) is 4.30. The summed E-state index contributed by atoms with van der Waals surface area (Å²) in [5, 5.41) is 9.37. The first kappa shape index (κ1) is 17.4. The minimum absolute atomic E-state index is 0.0749. The predicted octanol–water partition coefficient (Wildman–Crippen LogP) is 3.25. The van der Waals surface area contributed by atoms with Gasteiger partial charge in [-0.3, -0.25) is 9.59 Å². The van der Waals surface area contributed by atoms with Crippen molar-refractivity contribution in [1.82, 2.24) is 4.90 Å². The fourth-order valence-corrected chi connectivity index (χ4v) is 3.06. The van der Waals surface area contributed by atoms with E-state index in [1.54, 1.807) is 11.0 Å². The lowest BCUT2D eigenvalue weighted by molar-refractivity contribution is -0.159. The summed E-state index contributed by atoms with van der Waals surface area (Å²) in [4.78, 5) is 25.7. The molecule has 126 valence electrons. The van der Waals surface area contributed by atoms with Gasteiger partial charge in [0.15, 0.2) is 0 Å². The Labute approximate surface area is 136 Å². The molecular weight excluding hydrogens is 297 g/mol. The summed E-state index contributed by atoms with van der Waals surface area (Å²) in [6.07, 6.45) is 3.50. The molecule has 4 nitrogen and oxygen atoms in total. The van der Waals surface area contributed by atoms with Gasteiger partial charge in [-0.05, 0) is 43.4 Å². The number of nitrogens with zero attached hydrogens (tertiary/aromatic N) is 1. The van der Waals surface area contributed by atoms with Gasteiger partial charge in [0.05, 0.1) is 5.41 Å². The van der Waals surface area contributed by atoms with E-state index in [0.29, 0.717) is 32.4 Å². The summed E-state index contributed by atoms with van der Waals surface area (Å²) < 4.78 is 13.2. The predicted molar refractivity (Wildman–Crippen MR) is 85.5 cm³/mol. The van der Waals surface area contributed by atoms with Crippen LogP contribution >= 0.6 is 0 Å². The minimum atomic E-state index is -0.862. The molecule has 1 fully saturated rings.